The molecule has 2 aromatic rings. The lowest BCUT2D eigenvalue weighted by Crippen LogP contribution is -2.06. The number of hydrogen-bond donors (Lipinski definition) is 0. The molecular weight excluding hydrogens is 431 g/mol. The van der Waals surface area contributed by atoms with E-state index in [1.807, 2.05) is 0 Å². The lowest BCUT2D eigenvalue weighted by atomic mass is 10.2. The molecule has 20 heavy (non-hydrogen) atoms. The van der Waals surface area contributed by atoms with Crippen LogP contribution in [-0.4, -0.2) is 12.6 Å². The third-order valence-corrected chi connectivity index (χ3v) is 6.91. The van der Waals surface area contributed by atoms with E-state index in [9.17, 15) is 9.18 Å². The first-order valence-electron chi connectivity index (χ1n) is 6.29. The van der Waals surface area contributed by atoms with Gasteiger partial charge >= 0.3 is 5.97 Å². The predicted octanol–water partition coefficient (Wildman–Crippen LogP) is 6.36. The van der Waals surface area contributed by atoms with Crippen molar-refractivity contribution in [3.05, 3.63) is 18.3 Å². The smallest absolute Gasteiger partial charge is 0.351 e. The highest BCUT2D eigenvalue weighted by atomic mass is 79.9. The topological polar surface area (TPSA) is 26.3 Å². The van der Waals surface area contributed by atoms with Crippen LogP contribution < -0.4 is 0 Å². The molecule has 0 aliphatic rings. The van der Waals surface area contributed by atoms with Gasteiger partial charge < -0.3 is 4.74 Å². The molecule has 2 heterocycles. The Morgan fingerprint density at radius 3 is 2.60 bits per heavy atom. The van der Waals surface area contributed by atoms with Gasteiger partial charge in [0.15, 0.2) is 5.82 Å². The van der Waals surface area contributed by atoms with E-state index in [2.05, 4.69) is 38.8 Å². The summed E-state index contributed by atoms with van der Waals surface area (Å²) in [4.78, 5) is 12.0. The van der Waals surface area contributed by atoms with Crippen LogP contribution in [0.15, 0.2) is 7.57 Å². The van der Waals surface area contributed by atoms with Crippen molar-refractivity contribution in [2.24, 2.45) is 0 Å². The number of fused-ring (bicyclic) bond motifs is 1. The predicted molar refractivity (Wildman–Crippen MR) is 89.5 cm³/mol. The molecule has 110 valence electrons. The number of esters is 1. The van der Waals surface area contributed by atoms with E-state index in [0.29, 0.717) is 15.8 Å². The molecular formula is C13H13Br2FO2S2. The maximum absolute atomic E-state index is 14.2. The number of ether oxygens (including phenoxy) is 1. The molecule has 0 fully saturated rings. The summed E-state index contributed by atoms with van der Waals surface area (Å²) >= 11 is 9.22. The SMILES string of the molecule is CCCCCCOC(=O)c1sc2c(Br)sc(Br)c2c1F. The molecule has 0 aliphatic heterocycles. The Bertz CT molecular complexity index is 621. The average Bonchev–Trinajstić information content (AvgIpc) is 2.89. The summed E-state index contributed by atoms with van der Waals surface area (Å²) in [7, 11) is 0. The number of halogens is 3. The van der Waals surface area contributed by atoms with E-state index < -0.39 is 11.8 Å². The van der Waals surface area contributed by atoms with E-state index in [-0.39, 0.29) is 4.88 Å². The Kier molecular flexibility index (Phi) is 6.01. The molecule has 0 atom stereocenters. The zero-order valence-corrected chi connectivity index (χ0v) is 15.6. The van der Waals surface area contributed by atoms with Crippen molar-refractivity contribution in [1.82, 2.24) is 0 Å². The highest BCUT2D eigenvalue weighted by Gasteiger charge is 2.24. The number of carbonyl (C=O) groups is 1. The van der Waals surface area contributed by atoms with Gasteiger partial charge in [-0.05, 0) is 38.3 Å². The fourth-order valence-electron chi connectivity index (χ4n) is 1.79. The fraction of sp³-hybridized carbons (Fsp3) is 0.462. The normalized spacial score (nSPS) is 11.2. The van der Waals surface area contributed by atoms with Crippen molar-refractivity contribution in [1.29, 1.82) is 0 Å². The lowest BCUT2D eigenvalue weighted by Gasteiger charge is -2.02. The average molecular weight is 444 g/mol. The van der Waals surface area contributed by atoms with Gasteiger partial charge in [-0.2, -0.15) is 0 Å². The minimum Gasteiger partial charge on any atom is -0.461 e. The van der Waals surface area contributed by atoms with Gasteiger partial charge in [0.1, 0.15) is 4.88 Å². The highest BCUT2D eigenvalue weighted by Crippen LogP contribution is 2.45. The quantitative estimate of drug-likeness (QED) is 0.383. The van der Waals surface area contributed by atoms with Crippen LogP contribution in [0.2, 0.25) is 0 Å². The Morgan fingerprint density at radius 1 is 1.20 bits per heavy atom. The molecule has 0 radical (unpaired) electrons. The number of hydrogen-bond acceptors (Lipinski definition) is 4. The molecule has 0 aromatic carbocycles. The van der Waals surface area contributed by atoms with E-state index in [4.69, 9.17) is 4.74 Å². The number of carbonyl (C=O) groups excluding carboxylic acids is 1. The monoisotopic (exact) mass is 442 g/mol. The van der Waals surface area contributed by atoms with Crippen LogP contribution in [0.25, 0.3) is 10.1 Å². The molecule has 2 nitrogen and oxygen atoms in total. The van der Waals surface area contributed by atoms with Crippen molar-refractivity contribution < 1.29 is 13.9 Å². The highest BCUT2D eigenvalue weighted by molar-refractivity contribution is 9.12. The molecule has 0 saturated heterocycles. The van der Waals surface area contributed by atoms with Crippen LogP contribution in [0.1, 0.15) is 42.3 Å². The van der Waals surface area contributed by atoms with Crippen molar-refractivity contribution in [3.63, 3.8) is 0 Å². The first-order valence-corrected chi connectivity index (χ1v) is 9.51. The van der Waals surface area contributed by atoms with Crippen LogP contribution in [0.4, 0.5) is 4.39 Å². The second kappa shape index (κ2) is 7.33. The van der Waals surface area contributed by atoms with Gasteiger partial charge in [-0.3, -0.25) is 0 Å². The van der Waals surface area contributed by atoms with Crippen LogP contribution >= 0.6 is 54.5 Å². The minimum absolute atomic E-state index is 0.0553. The van der Waals surface area contributed by atoms with Crippen molar-refractivity contribution in [3.8, 4) is 0 Å². The number of rotatable bonds is 6. The van der Waals surface area contributed by atoms with Gasteiger partial charge in [0, 0.05) is 0 Å². The van der Waals surface area contributed by atoms with Crippen LogP contribution in [-0.2, 0) is 4.74 Å². The molecule has 0 N–H and O–H groups in total. The van der Waals surface area contributed by atoms with Gasteiger partial charge in [-0.1, -0.05) is 26.2 Å². The molecule has 0 unspecified atom stereocenters. The summed E-state index contributed by atoms with van der Waals surface area (Å²) in [5.74, 6) is -1.05. The summed E-state index contributed by atoms with van der Waals surface area (Å²) < 4.78 is 21.6. The third-order valence-electron chi connectivity index (χ3n) is 2.82. The lowest BCUT2D eigenvalue weighted by molar-refractivity contribution is 0.0499. The van der Waals surface area contributed by atoms with Crippen molar-refractivity contribution >= 4 is 70.6 Å². The molecule has 0 amide bonds. The van der Waals surface area contributed by atoms with Gasteiger partial charge in [0.2, 0.25) is 0 Å². The summed E-state index contributed by atoms with van der Waals surface area (Å²) in [6.45, 7) is 2.47. The molecule has 0 bridgehead atoms. The molecule has 2 rings (SSSR count). The zero-order chi connectivity index (χ0) is 14.7. The van der Waals surface area contributed by atoms with Gasteiger partial charge in [0.05, 0.1) is 24.3 Å². The first kappa shape index (κ1) is 16.4. The number of unbranched alkanes of at least 4 members (excludes halogenated alkanes) is 3. The Hall–Kier alpha value is 0.0200. The number of thiophene rings is 2. The molecule has 0 aliphatic carbocycles. The molecule has 0 saturated carbocycles. The largest absolute Gasteiger partial charge is 0.461 e. The second-order valence-corrected chi connectivity index (χ2v) is 8.97. The van der Waals surface area contributed by atoms with Gasteiger partial charge in [-0.25, -0.2) is 9.18 Å². The Labute approximate surface area is 141 Å². The van der Waals surface area contributed by atoms with Crippen LogP contribution in [0.3, 0.4) is 0 Å². The van der Waals surface area contributed by atoms with E-state index in [1.54, 1.807) is 0 Å². The van der Waals surface area contributed by atoms with Gasteiger partial charge in [-0.15, -0.1) is 22.7 Å². The van der Waals surface area contributed by atoms with Crippen molar-refractivity contribution in [2.45, 2.75) is 32.6 Å². The third kappa shape index (κ3) is 3.43. The zero-order valence-electron chi connectivity index (χ0n) is 10.8. The standard InChI is InChI=1S/C13H13Br2FO2S2/c1-2-3-4-5-6-18-13(17)10-8(16)7-9(19-10)12(15)20-11(7)14/h2-6H2,1H3. The fourth-order valence-corrected chi connectivity index (χ4v) is 6.23. The second-order valence-electron chi connectivity index (χ2n) is 4.30. The van der Waals surface area contributed by atoms with Crippen molar-refractivity contribution in [2.75, 3.05) is 6.61 Å². The summed E-state index contributed by atoms with van der Waals surface area (Å²) in [5.41, 5.74) is 0. The maximum atomic E-state index is 14.2. The first-order chi connectivity index (χ1) is 9.56. The Morgan fingerprint density at radius 2 is 1.95 bits per heavy atom. The Balaban J connectivity index is 2.07. The summed E-state index contributed by atoms with van der Waals surface area (Å²) in [5, 5.41) is 0.463. The van der Waals surface area contributed by atoms with E-state index in [1.165, 1.54) is 11.3 Å². The van der Waals surface area contributed by atoms with Gasteiger partial charge in [0.25, 0.3) is 0 Å². The molecule has 2 aromatic heterocycles. The molecule has 0 spiro atoms. The van der Waals surface area contributed by atoms with E-state index in [0.717, 1.165) is 45.5 Å². The minimum atomic E-state index is -0.566. The summed E-state index contributed by atoms with van der Waals surface area (Å²) in [6.07, 6.45) is 4.11. The maximum Gasteiger partial charge on any atom is 0.351 e. The summed E-state index contributed by atoms with van der Waals surface area (Å²) in [6, 6.07) is 0. The van der Waals surface area contributed by atoms with Crippen LogP contribution in [0.5, 0.6) is 0 Å². The molecule has 7 heteroatoms. The van der Waals surface area contributed by atoms with Crippen LogP contribution in [0, 0.1) is 5.82 Å². The van der Waals surface area contributed by atoms with E-state index >= 15 is 0 Å².